The van der Waals surface area contributed by atoms with E-state index in [1.54, 1.807) is 11.8 Å². The van der Waals surface area contributed by atoms with E-state index in [1.807, 2.05) is 13.8 Å². The van der Waals surface area contributed by atoms with Gasteiger partial charge in [-0.3, -0.25) is 9.59 Å². The first-order valence-corrected chi connectivity index (χ1v) is 7.28. The molecule has 1 saturated heterocycles. The Kier molecular flexibility index (Phi) is 6.45. The van der Waals surface area contributed by atoms with Gasteiger partial charge in [0.1, 0.15) is 6.54 Å². The van der Waals surface area contributed by atoms with E-state index in [1.165, 1.54) is 4.90 Å². The van der Waals surface area contributed by atoms with Crippen LogP contribution in [0, 0.1) is 5.92 Å². The van der Waals surface area contributed by atoms with Crippen LogP contribution in [0.15, 0.2) is 0 Å². The molecule has 0 saturated carbocycles. The fraction of sp³-hybridized carbons (Fsp3) is 0.786. The van der Waals surface area contributed by atoms with E-state index < -0.39 is 11.9 Å². The summed E-state index contributed by atoms with van der Waals surface area (Å²) in [6.45, 7) is 6.55. The lowest BCUT2D eigenvalue weighted by Crippen LogP contribution is -2.48. The summed E-state index contributed by atoms with van der Waals surface area (Å²) in [4.78, 5) is 37.8. The highest BCUT2D eigenvalue weighted by Crippen LogP contribution is 2.21. The minimum Gasteiger partial charge on any atom is -0.481 e. The molecule has 7 nitrogen and oxygen atoms in total. The maximum Gasteiger partial charge on any atom is 0.325 e. The van der Waals surface area contributed by atoms with Crippen LogP contribution >= 0.6 is 0 Å². The Labute approximate surface area is 124 Å². The number of esters is 1. The fourth-order valence-electron chi connectivity index (χ4n) is 2.42. The highest BCUT2D eigenvalue weighted by atomic mass is 16.5. The van der Waals surface area contributed by atoms with E-state index in [9.17, 15) is 14.4 Å². The summed E-state index contributed by atoms with van der Waals surface area (Å²) < 4.78 is 4.88. The third-order valence-electron chi connectivity index (χ3n) is 3.49. The number of ether oxygens (including phenoxy) is 1. The number of amides is 2. The van der Waals surface area contributed by atoms with Gasteiger partial charge in [-0.15, -0.1) is 0 Å². The number of aliphatic carboxylic acids is 1. The molecule has 0 aliphatic carbocycles. The van der Waals surface area contributed by atoms with Gasteiger partial charge in [-0.1, -0.05) is 0 Å². The normalized spacial score (nSPS) is 17.9. The Morgan fingerprint density at radius 1 is 1.38 bits per heavy atom. The van der Waals surface area contributed by atoms with Gasteiger partial charge in [0.2, 0.25) is 0 Å². The molecule has 0 aromatic heterocycles. The molecular weight excluding hydrogens is 276 g/mol. The predicted molar refractivity (Wildman–Crippen MR) is 75.8 cm³/mol. The van der Waals surface area contributed by atoms with Gasteiger partial charge in [0.15, 0.2) is 0 Å². The Morgan fingerprint density at radius 3 is 2.57 bits per heavy atom. The molecule has 0 aromatic carbocycles. The third kappa shape index (κ3) is 5.24. The Balaban J connectivity index is 2.61. The van der Waals surface area contributed by atoms with E-state index in [-0.39, 0.29) is 37.6 Å². The van der Waals surface area contributed by atoms with E-state index in [0.29, 0.717) is 19.5 Å². The van der Waals surface area contributed by atoms with Gasteiger partial charge in [0, 0.05) is 25.6 Å². The van der Waals surface area contributed by atoms with Crippen LogP contribution in [0.4, 0.5) is 4.79 Å². The summed E-state index contributed by atoms with van der Waals surface area (Å²) >= 11 is 0. The van der Waals surface area contributed by atoms with E-state index in [0.717, 1.165) is 0 Å². The van der Waals surface area contributed by atoms with Gasteiger partial charge >= 0.3 is 18.0 Å². The average Bonchev–Trinajstić information content (AvgIpc) is 2.82. The molecule has 1 atom stereocenters. The van der Waals surface area contributed by atoms with Crippen LogP contribution in [0.25, 0.3) is 0 Å². The summed E-state index contributed by atoms with van der Waals surface area (Å²) in [7, 11) is 0. The molecule has 1 fully saturated rings. The topological polar surface area (TPSA) is 87.2 Å². The van der Waals surface area contributed by atoms with Crippen molar-refractivity contribution >= 4 is 18.0 Å². The zero-order chi connectivity index (χ0) is 16.0. The summed E-state index contributed by atoms with van der Waals surface area (Å²) in [6.07, 6.45) is 0.757. The lowest BCUT2D eigenvalue weighted by Gasteiger charge is -2.30. The summed E-state index contributed by atoms with van der Waals surface area (Å²) in [5.74, 6) is -1.29. The number of carboxylic acids is 1. The first kappa shape index (κ1) is 17.3. The second-order valence-electron chi connectivity index (χ2n) is 5.51. The zero-order valence-electron chi connectivity index (χ0n) is 12.9. The highest BCUT2D eigenvalue weighted by Gasteiger charge is 2.32. The molecule has 0 spiro atoms. The smallest absolute Gasteiger partial charge is 0.325 e. The molecule has 1 unspecified atom stereocenters. The Bertz CT molecular complexity index is 397. The standard InChI is InChI=1S/C14H24N2O5/c1-4-21-13(19)9-16(10(2)3)14(20)15-6-5-11(8-15)7-12(17)18/h10-11H,4-9H2,1-3H3,(H,17,18). The van der Waals surface area contributed by atoms with Gasteiger partial charge in [0.25, 0.3) is 0 Å². The van der Waals surface area contributed by atoms with Crippen molar-refractivity contribution in [2.45, 2.75) is 39.7 Å². The number of hydrogen-bond acceptors (Lipinski definition) is 4. The van der Waals surface area contributed by atoms with Crippen molar-refractivity contribution in [2.24, 2.45) is 5.92 Å². The van der Waals surface area contributed by atoms with Gasteiger partial charge in [-0.25, -0.2) is 4.79 Å². The number of urea groups is 1. The van der Waals surface area contributed by atoms with Gasteiger partial charge < -0.3 is 19.6 Å². The summed E-state index contributed by atoms with van der Waals surface area (Å²) in [5, 5.41) is 8.80. The lowest BCUT2D eigenvalue weighted by molar-refractivity contribution is -0.144. The van der Waals surface area contributed by atoms with Gasteiger partial charge in [-0.05, 0) is 33.1 Å². The molecule has 0 radical (unpaired) electrons. The number of rotatable bonds is 6. The predicted octanol–water partition coefficient (Wildman–Crippen LogP) is 1.18. The monoisotopic (exact) mass is 300 g/mol. The molecule has 1 heterocycles. The van der Waals surface area contributed by atoms with Crippen molar-refractivity contribution in [3.8, 4) is 0 Å². The lowest BCUT2D eigenvalue weighted by atomic mass is 10.1. The van der Waals surface area contributed by atoms with Crippen LogP contribution in [-0.4, -0.2) is 65.2 Å². The number of carbonyl (C=O) groups is 3. The first-order valence-electron chi connectivity index (χ1n) is 7.28. The molecule has 120 valence electrons. The van der Waals surface area contributed by atoms with Crippen molar-refractivity contribution in [1.29, 1.82) is 0 Å². The largest absolute Gasteiger partial charge is 0.481 e. The van der Waals surface area contributed by atoms with E-state index in [2.05, 4.69) is 0 Å². The molecule has 0 aromatic rings. The molecule has 1 rings (SSSR count). The molecular formula is C14H24N2O5. The van der Waals surface area contributed by atoms with Gasteiger partial charge in [-0.2, -0.15) is 0 Å². The van der Waals surface area contributed by atoms with Crippen LogP contribution in [0.5, 0.6) is 0 Å². The number of carboxylic acid groups (broad SMARTS) is 1. The second kappa shape index (κ2) is 7.85. The number of carbonyl (C=O) groups excluding carboxylic acids is 2. The molecule has 1 N–H and O–H groups in total. The van der Waals surface area contributed by atoms with Crippen molar-refractivity contribution in [2.75, 3.05) is 26.2 Å². The average molecular weight is 300 g/mol. The quantitative estimate of drug-likeness (QED) is 0.744. The molecule has 1 aliphatic rings. The fourth-order valence-corrected chi connectivity index (χ4v) is 2.42. The van der Waals surface area contributed by atoms with E-state index >= 15 is 0 Å². The van der Waals surface area contributed by atoms with Crippen LogP contribution in [0.3, 0.4) is 0 Å². The number of hydrogen-bond donors (Lipinski definition) is 1. The van der Waals surface area contributed by atoms with Crippen LogP contribution in [0.1, 0.15) is 33.6 Å². The van der Waals surface area contributed by atoms with Crippen LogP contribution in [0.2, 0.25) is 0 Å². The number of nitrogens with zero attached hydrogens (tertiary/aromatic N) is 2. The van der Waals surface area contributed by atoms with Crippen molar-refractivity contribution in [3.05, 3.63) is 0 Å². The maximum atomic E-state index is 12.5. The minimum absolute atomic E-state index is 0.0111. The third-order valence-corrected chi connectivity index (χ3v) is 3.49. The summed E-state index contributed by atoms with van der Waals surface area (Å²) in [5.41, 5.74) is 0. The Hall–Kier alpha value is -1.79. The zero-order valence-corrected chi connectivity index (χ0v) is 12.9. The molecule has 7 heteroatoms. The SMILES string of the molecule is CCOC(=O)CN(C(=O)N1CCC(CC(=O)O)C1)C(C)C. The number of likely N-dealkylation sites (tertiary alicyclic amines) is 1. The molecule has 21 heavy (non-hydrogen) atoms. The van der Waals surface area contributed by atoms with Crippen LogP contribution < -0.4 is 0 Å². The van der Waals surface area contributed by atoms with Gasteiger partial charge in [0.05, 0.1) is 6.61 Å². The Morgan fingerprint density at radius 2 is 2.05 bits per heavy atom. The van der Waals surface area contributed by atoms with Crippen molar-refractivity contribution < 1.29 is 24.2 Å². The van der Waals surface area contributed by atoms with E-state index in [4.69, 9.17) is 9.84 Å². The van der Waals surface area contributed by atoms with Crippen molar-refractivity contribution in [1.82, 2.24) is 9.80 Å². The second-order valence-corrected chi connectivity index (χ2v) is 5.51. The minimum atomic E-state index is -0.846. The molecule has 2 amide bonds. The van der Waals surface area contributed by atoms with Crippen LogP contribution in [-0.2, 0) is 14.3 Å². The highest BCUT2D eigenvalue weighted by molar-refractivity contribution is 5.81. The molecule has 0 bridgehead atoms. The molecule has 1 aliphatic heterocycles. The summed E-state index contributed by atoms with van der Waals surface area (Å²) in [6, 6.07) is -0.355. The van der Waals surface area contributed by atoms with Crippen molar-refractivity contribution in [3.63, 3.8) is 0 Å². The first-order chi connectivity index (χ1) is 9.85. The maximum absolute atomic E-state index is 12.5.